The van der Waals surface area contributed by atoms with E-state index in [1.807, 2.05) is 30.5 Å². The Balaban J connectivity index is 2.40. The Labute approximate surface area is 107 Å². The number of rotatable bonds is 4. The Morgan fingerprint density at radius 1 is 1.17 bits per heavy atom. The van der Waals surface area contributed by atoms with Crippen LogP contribution in [0.25, 0.3) is 5.57 Å². The van der Waals surface area contributed by atoms with Gasteiger partial charge in [0.1, 0.15) is 5.82 Å². The van der Waals surface area contributed by atoms with Crippen LogP contribution in [0.3, 0.4) is 0 Å². The van der Waals surface area contributed by atoms with Crippen LogP contribution in [-0.4, -0.2) is 4.98 Å². The molecule has 0 atom stereocenters. The van der Waals surface area contributed by atoms with Crippen molar-refractivity contribution < 1.29 is 4.39 Å². The molecule has 92 valence electrons. The van der Waals surface area contributed by atoms with Crippen LogP contribution in [0, 0.1) is 5.82 Å². The van der Waals surface area contributed by atoms with Crippen molar-refractivity contribution >= 4 is 5.57 Å². The molecule has 0 radical (unpaired) electrons. The molecule has 0 N–H and O–H groups in total. The van der Waals surface area contributed by atoms with Crippen molar-refractivity contribution in [1.82, 2.24) is 4.98 Å². The fraction of sp³-hybridized carbons (Fsp3) is 0.188. The van der Waals surface area contributed by atoms with Crippen molar-refractivity contribution in [2.45, 2.75) is 19.8 Å². The number of benzene rings is 1. The van der Waals surface area contributed by atoms with Gasteiger partial charge in [0.05, 0.1) is 0 Å². The summed E-state index contributed by atoms with van der Waals surface area (Å²) < 4.78 is 13.0. The van der Waals surface area contributed by atoms with Crippen LogP contribution in [0.5, 0.6) is 0 Å². The van der Waals surface area contributed by atoms with Crippen molar-refractivity contribution in [3.8, 4) is 0 Å². The summed E-state index contributed by atoms with van der Waals surface area (Å²) in [5.74, 6) is -0.209. The predicted molar refractivity (Wildman–Crippen MR) is 72.6 cm³/mol. The highest BCUT2D eigenvalue weighted by Gasteiger charge is 2.04. The van der Waals surface area contributed by atoms with E-state index in [1.165, 1.54) is 12.1 Å². The molecule has 0 aliphatic carbocycles. The smallest absolute Gasteiger partial charge is 0.123 e. The van der Waals surface area contributed by atoms with Gasteiger partial charge >= 0.3 is 0 Å². The molecular weight excluding hydrogens is 225 g/mol. The van der Waals surface area contributed by atoms with Gasteiger partial charge in [0.2, 0.25) is 0 Å². The molecule has 1 heterocycles. The number of pyridine rings is 1. The van der Waals surface area contributed by atoms with E-state index in [0.29, 0.717) is 0 Å². The molecular formula is C16H16FN. The summed E-state index contributed by atoms with van der Waals surface area (Å²) in [6.07, 6.45) is 7.87. The molecule has 0 spiro atoms. The molecule has 0 fully saturated rings. The zero-order chi connectivity index (χ0) is 12.8. The fourth-order valence-electron chi connectivity index (χ4n) is 1.84. The minimum atomic E-state index is -0.209. The van der Waals surface area contributed by atoms with Crippen LogP contribution in [0.1, 0.15) is 30.9 Å². The second kappa shape index (κ2) is 6.10. The Morgan fingerprint density at radius 3 is 2.56 bits per heavy atom. The van der Waals surface area contributed by atoms with Gasteiger partial charge < -0.3 is 0 Å². The molecule has 2 aromatic rings. The lowest BCUT2D eigenvalue weighted by Crippen LogP contribution is -1.89. The van der Waals surface area contributed by atoms with Gasteiger partial charge in [-0.05, 0) is 35.8 Å². The molecule has 0 amide bonds. The van der Waals surface area contributed by atoms with Crippen LogP contribution in [-0.2, 0) is 0 Å². The minimum absolute atomic E-state index is 0.209. The van der Waals surface area contributed by atoms with E-state index in [4.69, 9.17) is 0 Å². The maximum Gasteiger partial charge on any atom is 0.123 e. The molecule has 0 saturated heterocycles. The fourth-order valence-corrected chi connectivity index (χ4v) is 1.84. The van der Waals surface area contributed by atoms with Crippen LogP contribution in [0.15, 0.2) is 54.9 Å². The van der Waals surface area contributed by atoms with Gasteiger partial charge in [0, 0.05) is 18.0 Å². The number of hydrogen-bond donors (Lipinski definition) is 0. The monoisotopic (exact) mass is 241 g/mol. The first-order valence-electron chi connectivity index (χ1n) is 6.17. The summed E-state index contributed by atoms with van der Waals surface area (Å²) in [5.41, 5.74) is 3.21. The Kier molecular flexibility index (Phi) is 4.24. The minimum Gasteiger partial charge on any atom is -0.264 e. The molecule has 1 nitrogen and oxygen atoms in total. The number of allylic oxidation sites excluding steroid dienone is 1. The van der Waals surface area contributed by atoms with Crippen LogP contribution >= 0.6 is 0 Å². The lowest BCUT2D eigenvalue weighted by Gasteiger charge is -2.08. The van der Waals surface area contributed by atoms with Crippen molar-refractivity contribution in [2.24, 2.45) is 0 Å². The zero-order valence-corrected chi connectivity index (χ0v) is 10.4. The summed E-state index contributed by atoms with van der Waals surface area (Å²) in [7, 11) is 0. The van der Waals surface area contributed by atoms with Crippen LogP contribution in [0.2, 0.25) is 0 Å². The van der Waals surface area contributed by atoms with E-state index < -0.39 is 0 Å². The van der Waals surface area contributed by atoms with Crippen molar-refractivity contribution in [3.05, 3.63) is 71.8 Å². The second-order valence-corrected chi connectivity index (χ2v) is 4.16. The third-order valence-corrected chi connectivity index (χ3v) is 2.76. The quantitative estimate of drug-likeness (QED) is 0.770. The largest absolute Gasteiger partial charge is 0.264 e. The molecule has 2 rings (SSSR count). The number of unbranched alkanes of at least 4 members (excludes halogenated alkanes) is 1. The van der Waals surface area contributed by atoms with Crippen molar-refractivity contribution in [2.75, 3.05) is 0 Å². The Bertz CT molecular complexity index is 515. The molecule has 0 bridgehead atoms. The second-order valence-electron chi connectivity index (χ2n) is 4.16. The molecule has 2 heteroatoms. The average molecular weight is 241 g/mol. The van der Waals surface area contributed by atoms with E-state index >= 15 is 0 Å². The molecule has 1 aromatic heterocycles. The standard InChI is InChI=1S/C16H16FN/c1-2-3-6-16(14-5-4-11-18-12-14)13-7-9-15(17)10-8-13/h4-12H,2-3H2,1H3/b16-6-. The SMILES string of the molecule is CCC/C=C(/c1ccc(F)cc1)c1cccnc1. The topological polar surface area (TPSA) is 12.9 Å². The van der Waals surface area contributed by atoms with Crippen molar-refractivity contribution in [1.29, 1.82) is 0 Å². The molecule has 1 aromatic carbocycles. The number of hydrogen-bond acceptors (Lipinski definition) is 1. The van der Waals surface area contributed by atoms with Gasteiger partial charge in [-0.25, -0.2) is 4.39 Å². The number of halogens is 1. The highest BCUT2D eigenvalue weighted by atomic mass is 19.1. The summed E-state index contributed by atoms with van der Waals surface area (Å²) >= 11 is 0. The molecule has 0 unspecified atom stereocenters. The lowest BCUT2D eigenvalue weighted by atomic mass is 9.98. The predicted octanol–water partition coefficient (Wildman–Crippen LogP) is 4.45. The number of aromatic nitrogens is 1. The maximum absolute atomic E-state index is 13.0. The van der Waals surface area contributed by atoms with Crippen LogP contribution < -0.4 is 0 Å². The first-order valence-corrected chi connectivity index (χ1v) is 6.17. The van der Waals surface area contributed by atoms with Crippen LogP contribution in [0.4, 0.5) is 4.39 Å². The highest BCUT2D eigenvalue weighted by molar-refractivity contribution is 5.79. The van der Waals surface area contributed by atoms with Gasteiger partial charge in [-0.3, -0.25) is 4.98 Å². The third-order valence-electron chi connectivity index (χ3n) is 2.76. The van der Waals surface area contributed by atoms with Gasteiger partial charge in [-0.1, -0.05) is 37.6 Å². The normalized spacial score (nSPS) is 11.6. The van der Waals surface area contributed by atoms with E-state index in [2.05, 4.69) is 18.0 Å². The van der Waals surface area contributed by atoms with E-state index in [0.717, 1.165) is 29.5 Å². The molecule has 0 aliphatic rings. The lowest BCUT2D eigenvalue weighted by molar-refractivity contribution is 0.627. The summed E-state index contributed by atoms with van der Waals surface area (Å²) in [5, 5.41) is 0. The van der Waals surface area contributed by atoms with E-state index in [9.17, 15) is 4.39 Å². The first-order chi connectivity index (χ1) is 8.81. The van der Waals surface area contributed by atoms with Gasteiger partial charge in [-0.15, -0.1) is 0 Å². The van der Waals surface area contributed by atoms with E-state index in [-0.39, 0.29) is 5.82 Å². The summed E-state index contributed by atoms with van der Waals surface area (Å²) in [6, 6.07) is 10.5. The molecule has 0 saturated carbocycles. The van der Waals surface area contributed by atoms with Crippen molar-refractivity contribution in [3.63, 3.8) is 0 Å². The summed E-state index contributed by atoms with van der Waals surface area (Å²) in [6.45, 7) is 2.14. The maximum atomic E-state index is 13.0. The third kappa shape index (κ3) is 3.04. The Morgan fingerprint density at radius 2 is 1.94 bits per heavy atom. The highest BCUT2D eigenvalue weighted by Crippen LogP contribution is 2.23. The number of nitrogens with zero attached hydrogens (tertiary/aromatic N) is 1. The van der Waals surface area contributed by atoms with Gasteiger partial charge in [-0.2, -0.15) is 0 Å². The molecule has 18 heavy (non-hydrogen) atoms. The Hall–Kier alpha value is -1.96. The van der Waals surface area contributed by atoms with E-state index in [1.54, 1.807) is 6.20 Å². The summed E-state index contributed by atoms with van der Waals surface area (Å²) in [4.78, 5) is 4.14. The van der Waals surface area contributed by atoms with Gasteiger partial charge in [0.25, 0.3) is 0 Å². The zero-order valence-electron chi connectivity index (χ0n) is 10.4. The first kappa shape index (κ1) is 12.5. The molecule has 0 aliphatic heterocycles. The average Bonchev–Trinajstić information content (AvgIpc) is 2.42. The van der Waals surface area contributed by atoms with Gasteiger partial charge in [0.15, 0.2) is 0 Å².